The minimum atomic E-state index is -1.05. The Morgan fingerprint density at radius 1 is 0.889 bits per heavy atom. The lowest BCUT2D eigenvalue weighted by Gasteiger charge is -2.19. The molecule has 102 valence electrons. The molecule has 0 saturated carbocycles. The maximum absolute atomic E-state index is 5.49. The van der Waals surface area contributed by atoms with Crippen molar-refractivity contribution in [1.29, 1.82) is 0 Å². The van der Waals surface area contributed by atoms with Gasteiger partial charge in [0.05, 0.1) is 21.3 Å². The SMILES string of the molecule is COc1ccc(CC[Si](C)(C)C)c(OC)c1OC. The first-order valence-electron chi connectivity index (χ1n) is 6.20. The molecule has 1 aromatic carbocycles. The van der Waals surface area contributed by atoms with Gasteiger partial charge in [-0.1, -0.05) is 31.8 Å². The molecule has 0 heterocycles. The van der Waals surface area contributed by atoms with Gasteiger partial charge in [-0.25, -0.2) is 0 Å². The molecular weight excluding hydrogens is 244 g/mol. The van der Waals surface area contributed by atoms with Crippen LogP contribution in [0.5, 0.6) is 17.2 Å². The van der Waals surface area contributed by atoms with Crippen LogP contribution in [0.3, 0.4) is 0 Å². The third kappa shape index (κ3) is 3.67. The van der Waals surface area contributed by atoms with E-state index in [0.717, 1.165) is 12.2 Å². The molecule has 0 saturated heterocycles. The number of methoxy groups -OCH3 is 3. The number of hydrogen-bond donors (Lipinski definition) is 0. The summed E-state index contributed by atoms with van der Waals surface area (Å²) in [5, 5.41) is 0. The van der Waals surface area contributed by atoms with Gasteiger partial charge in [0, 0.05) is 8.07 Å². The fourth-order valence-electron chi connectivity index (χ4n) is 1.87. The van der Waals surface area contributed by atoms with E-state index >= 15 is 0 Å². The van der Waals surface area contributed by atoms with Gasteiger partial charge in [0.2, 0.25) is 5.75 Å². The summed E-state index contributed by atoms with van der Waals surface area (Å²) in [7, 11) is 3.90. The van der Waals surface area contributed by atoms with Crippen LogP contribution in [0.15, 0.2) is 12.1 Å². The first-order chi connectivity index (χ1) is 8.42. The lowest BCUT2D eigenvalue weighted by Crippen LogP contribution is -2.20. The molecule has 1 aromatic rings. The van der Waals surface area contributed by atoms with Crippen molar-refractivity contribution < 1.29 is 14.2 Å². The van der Waals surface area contributed by atoms with Crippen LogP contribution in [0.2, 0.25) is 25.7 Å². The van der Waals surface area contributed by atoms with E-state index in [-0.39, 0.29) is 0 Å². The molecule has 3 nitrogen and oxygen atoms in total. The molecule has 0 atom stereocenters. The molecule has 0 fully saturated rings. The number of hydrogen-bond acceptors (Lipinski definition) is 3. The molecule has 0 amide bonds. The Bertz CT molecular complexity index is 397. The van der Waals surface area contributed by atoms with Gasteiger partial charge in [-0.2, -0.15) is 0 Å². The van der Waals surface area contributed by atoms with E-state index in [2.05, 4.69) is 25.7 Å². The van der Waals surface area contributed by atoms with Crippen molar-refractivity contribution in [3.8, 4) is 17.2 Å². The van der Waals surface area contributed by atoms with Crippen molar-refractivity contribution in [2.45, 2.75) is 32.1 Å². The number of rotatable bonds is 6. The second-order valence-electron chi connectivity index (χ2n) is 5.55. The maximum atomic E-state index is 5.49. The first-order valence-corrected chi connectivity index (χ1v) is 9.91. The summed E-state index contributed by atoms with van der Waals surface area (Å²) in [6.45, 7) is 7.13. The molecule has 0 aliphatic carbocycles. The van der Waals surface area contributed by atoms with Gasteiger partial charge in [0.25, 0.3) is 0 Å². The minimum Gasteiger partial charge on any atom is -0.493 e. The van der Waals surface area contributed by atoms with Crippen LogP contribution >= 0.6 is 0 Å². The molecule has 0 aliphatic heterocycles. The number of ether oxygens (including phenoxy) is 3. The van der Waals surface area contributed by atoms with Crippen LogP contribution in [0.25, 0.3) is 0 Å². The van der Waals surface area contributed by atoms with Crippen LogP contribution in [-0.2, 0) is 6.42 Å². The van der Waals surface area contributed by atoms with Crippen molar-refractivity contribution in [3.05, 3.63) is 17.7 Å². The second kappa shape index (κ2) is 6.14. The van der Waals surface area contributed by atoms with Crippen LogP contribution in [0.1, 0.15) is 5.56 Å². The van der Waals surface area contributed by atoms with Gasteiger partial charge in [-0.3, -0.25) is 0 Å². The van der Waals surface area contributed by atoms with Gasteiger partial charge in [-0.05, 0) is 18.1 Å². The van der Waals surface area contributed by atoms with E-state index in [4.69, 9.17) is 14.2 Å². The fourth-order valence-corrected chi connectivity index (χ4v) is 2.89. The molecule has 0 aromatic heterocycles. The van der Waals surface area contributed by atoms with Gasteiger partial charge in [-0.15, -0.1) is 0 Å². The highest BCUT2D eigenvalue weighted by molar-refractivity contribution is 6.76. The van der Waals surface area contributed by atoms with E-state index in [1.807, 2.05) is 6.07 Å². The Morgan fingerprint density at radius 3 is 1.94 bits per heavy atom. The van der Waals surface area contributed by atoms with E-state index in [0.29, 0.717) is 11.5 Å². The Labute approximate surface area is 111 Å². The predicted molar refractivity (Wildman–Crippen MR) is 78.0 cm³/mol. The van der Waals surface area contributed by atoms with Crippen LogP contribution < -0.4 is 14.2 Å². The highest BCUT2D eigenvalue weighted by Gasteiger charge is 2.18. The Balaban J connectivity index is 3.05. The molecule has 0 unspecified atom stereocenters. The summed E-state index contributed by atoms with van der Waals surface area (Å²) in [6, 6.07) is 5.25. The normalized spacial score (nSPS) is 11.2. The molecule has 0 N–H and O–H groups in total. The Kier molecular flexibility index (Phi) is 5.08. The van der Waals surface area contributed by atoms with Crippen molar-refractivity contribution in [2.75, 3.05) is 21.3 Å². The average molecular weight is 268 g/mol. The molecule has 18 heavy (non-hydrogen) atoms. The first kappa shape index (κ1) is 14.9. The fraction of sp³-hybridized carbons (Fsp3) is 0.571. The zero-order valence-electron chi connectivity index (χ0n) is 12.3. The summed E-state index contributed by atoms with van der Waals surface area (Å²) in [5.74, 6) is 2.20. The summed E-state index contributed by atoms with van der Waals surface area (Å²) in [4.78, 5) is 0. The number of aryl methyl sites for hydroxylation is 1. The Hall–Kier alpha value is -1.16. The third-order valence-corrected chi connectivity index (χ3v) is 4.68. The summed E-state index contributed by atoms with van der Waals surface area (Å²) < 4.78 is 16.2. The smallest absolute Gasteiger partial charge is 0.203 e. The van der Waals surface area contributed by atoms with E-state index < -0.39 is 8.07 Å². The van der Waals surface area contributed by atoms with Gasteiger partial charge >= 0.3 is 0 Å². The second-order valence-corrected chi connectivity index (χ2v) is 11.2. The summed E-state index contributed by atoms with van der Waals surface area (Å²) >= 11 is 0. The van der Waals surface area contributed by atoms with Gasteiger partial charge in [0.1, 0.15) is 0 Å². The standard InChI is InChI=1S/C14H24O3Si/c1-15-12-8-7-11(9-10-18(4,5)6)13(16-2)14(12)17-3/h7-8H,9-10H2,1-6H3. The zero-order chi connectivity index (χ0) is 13.8. The van der Waals surface area contributed by atoms with Gasteiger partial charge in [0.15, 0.2) is 11.5 Å². The monoisotopic (exact) mass is 268 g/mol. The quantitative estimate of drug-likeness (QED) is 0.738. The zero-order valence-corrected chi connectivity index (χ0v) is 13.3. The highest BCUT2D eigenvalue weighted by Crippen LogP contribution is 2.40. The van der Waals surface area contributed by atoms with Crippen molar-refractivity contribution >= 4 is 8.07 Å². The molecule has 0 radical (unpaired) electrons. The summed E-state index contributed by atoms with van der Waals surface area (Å²) in [6.07, 6.45) is 1.03. The molecule has 4 heteroatoms. The van der Waals surface area contributed by atoms with E-state index in [1.165, 1.54) is 11.6 Å². The van der Waals surface area contributed by atoms with Crippen molar-refractivity contribution in [1.82, 2.24) is 0 Å². The van der Waals surface area contributed by atoms with Crippen LogP contribution in [-0.4, -0.2) is 29.4 Å². The topological polar surface area (TPSA) is 27.7 Å². The van der Waals surface area contributed by atoms with Crippen molar-refractivity contribution in [2.24, 2.45) is 0 Å². The molecule has 0 bridgehead atoms. The number of benzene rings is 1. The molecule has 0 spiro atoms. The highest BCUT2D eigenvalue weighted by atomic mass is 28.3. The molecule has 0 aliphatic rings. The summed E-state index contributed by atoms with van der Waals surface area (Å²) in [5.41, 5.74) is 1.19. The Morgan fingerprint density at radius 2 is 1.50 bits per heavy atom. The van der Waals surface area contributed by atoms with Crippen LogP contribution in [0.4, 0.5) is 0 Å². The van der Waals surface area contributed by atoms with Crippen LogP contribution in [0, 0.1) is 0 Å². The minimum absolute atomic E-state index is 0.688. The van der Waals surface area contributed by atoms with Gasteiger partial charge < -0.3 is 14.2 Å². The van der Waals surface area contributed by atoms with E-state index in [9.17, 15) is 0 Å². The largest absolute Gasteiger partial charge is 0.493 e. The lowest BCUT2D eigenvalue weighted by molar-refractivity contribution is 0.322. The maximum Gasteiger partial charge on any atom is 0.203 e. The predicted octanol–water partition coefficient (Wildman–Crippen LogP) is 3.59. The molecular formula is C14H24O3Si. The van der Waals surface area contributed by atoms with E-state index in [1.54, 1.807) is 21.3 Å². The average Bonchev–Trinajstić information content (AvgIpc) is 2.33. The third-order valence-electron chi connectivity index (χ3n) is 2.93. The lowest BCUT2D eigenvalue weighted by atomic mass is 10.1. The molecule has 1 rings (SSSR count). The van der Waals surface area contributed by atoms with Crippen molar-refractivity contribution in [3.63, 3.8) is 0 Å².